The highest BCUT2D eigenvalue weighted by molar-refractivity contribution is 9.10. The summed E-state index contributed by atoms with van der Waals surface area (Å²) in [6.07, 6.45) is 0.950. The molecule has 0 saturated heterocycles. The van der Waals surface area contributed by atoms with Gasteiger partial charge in [-0.15, -0.1) is 0 Å². The molecule has 1 N–H and O–H groups in total. The van der Waals surface area contributed by atoms with Crippen molar-refractivity contribution in [1.82, 2.24) is 5.32 Å². The molecule has 0 atom stereocenters. The van der Waals surface area contributed by atoms with E-state index in [1.807, 2.05) is 12.1 Å². The van der Waals surface area contributed by atoms with E-state index in [9.17, 15) is 0 Å². The van der Waals surface area contributed by atoms with E-state index in [-0.39, 0.29) is 5.54 Å². The Morgan fingerprint density at radius 2 is 2.05 bits per heavy atom. The van der Waals surface area contributed by atoms with Crippen LogP contribution in [0.15, 0.2) is 34.8 Å². The van der Waals surface area contributed by atoms with Crippen molar-refractivity contribution in [2.75, 3.05) is 6.61 Å². The fourth-order valence-corrected chi connectivity index (χ4v) is 1.88. The van der Waals surface area contributed by atoms with Gasteiger partial charge < -0.3 is 10.1 Å². The Bertz CT molecular complexity index is 435. The first-order chi connectivity index (χ1) is 8.81. The maximum absolute atomic E-state index is 5.85. The average Bonchev–Trinajstić information content (AvgIpc) is 2.33. The lowest BCUT2D eigenvalue weighted by Gasteiger charge is -2.22. The maximum Gasteiger partial charge on any atom is 0.124 e. The van der Waals surface area contributed by atoms with Gasteiger partial charge in [-0.2, -0.15) is 0 Å². The van der Waals surface area contributed by atoms with Crippen molar-refractivity contribution in [3.8, 4) is 5.75 Å². The largest absolute Gasteiger partial charge is 0.489 e. The van der Waals surface area contributed by atoms with Crippen molar-refractivity contribution in [3.05, 3.63) is 40.4 Å². The van der Waals surface area contributed by atoms with Crippen LogP contribution in [0.2, 0.25) is 0 Å². The number of hydrogen-bond acceptors (Lipinski definition) is 2. The summed E-state index contributed by atoms with van der Waals surface area (Å²) in [7, 11) is 0. The van der Waals surface area contributed by atoms with Crippen LogP contribution in [0.5, 0.6) is 5.75 Å². The zero-order valence-electron chi connectivity index (χ0n) is 12.3. The molecule has 0 heterocycles. The molecule has 0 aliphatic carbocycles. The molecule has 106 valence electrons. The SMILES string of the molecule is C=C(CC)COc1ccc(Br)cc1CNC(C)(C)C. The highest BCUT2D eigenvalue weighted by Crippen LogP contribution is 2.24. The third kappa shape index (κ3) is 6.26. The Labute approximate surface area is 125 Å². The molecule has 0 unspecified atom stereocenters. The van der Waals surface area contributed by atoms with Crippen molar-refractivity contribution < 1.29 is 4.74 Å². The molecular formula is C16H24BrNO. The van der Waals surface area contributed by atoms with Crippen LogP contribution >= 0.6 is 15.9 Å². The van der Waals surface area contributed by atoms with Crippen molar-refractivity contribution >= 4 is 15.9 Å². The summed E-state index contributed by atoms with van der Waals surface area (Å²) in [5, 5.41) is 3.48. The van der Waals surface area contributed by atoms with E-state index < -0.39 is 0 Å². The molecule has 0 fully saturated rings. The van der Waals surface area contributed by atoms with Crippen LogP contribution in [0.4, 0.5) is 0 Å². The van der Waals surface area contributed by atoms with E-state index in [4.69, 9.17) is 4.74 Å². The van der Waals surface area contributed by atoms with Gasteiger partial charge in [0.2, 0.25) is 0 Å². The summed E-state index contributed by atoms with van der Waals surface area (Å²) in [6.45, 7) is 13.9. The first-order valence-corrected chi connectivity index (χ1v) is 7.44. The molecule has 0 aromatic heterocycles. The molecule has 0 aliphatic rings. The van der Waals surface area contributed by atoms with Crippen LogP contribution in [0.1, 0.15) is 39.7 Å². The minimum atomic E-state index is 0.0899. The van der Waals surface area contributed by atoms with E-state index in [2.05, 4.69) is 61.6 Å². The second-order valence-corrected chi connectivity index (χ2v) is 6.66. The van der Waals surface area contributed by atoms with E-state index >= 15 is 0 Å². The summed E-state index contributed by atoms with van der Waals surface area (Å²) in [6, 6.07) is 6.11. The third-order valence-corrected chi connectivity index (χ3v) is 3.26. The molecule has 0 spiro atoms. The lowest BCUT2D eigenvalue weighted by molar-refractivity contribution is 0.340. The number of nitrogens with one attached hydrogen (secondary N) is 1. The monoisotopic (exact) mass is 325 g/mol. The van der Waals surface area contributed by atoms with Gasteiger partial charge in [0.05, 0.1) is 0 Å². The Balaban J connectivity index is 2.76. The van der Waals surface area contributed by atoms with Gasteiger partial charge >= 0.3 is 0 Å². The Morgan fingerprint density at radius 1 is 1.37 bits per heavy atom. The first kappa shape index (κ1) is 16.3. The summed E-state index contributed by atoms with van der Waals surface area (Å²) in [5.41, 5.74) is 2.36. The van der Waals surface area contributed by atoms with E-state index in [1.165, 1.54) is 0 Å². The fourth-order valence-electron chi connectivity index (χ4n) is 1.47. The molecule has 0 aliphatic heterocycles. The van der Waals surface area contributed by atoms with Crippen LogP contribution in [0.25, 0.3) is 0 Å². The van der Waals surface area contributed by atoms with Crippen LogP contribution in [0.3, 0.4) is 0 Å². The summed E-state index contributed by atoms with van der Waals surface area (Å²) >= 11 is 3.51. The second kappa shape index (κ2) is 7.11. The predicted molar refractivity (Wildman–Crippen MR) is 85.7 cm³/mol. The quantitative estimate of drug-likeness (QED) is 0.766. The van der Waals surface area contributed by atoms with Crippen LogP contribution < -0.4 is 10.1 Å². The normalized spacial score (nSPS) is 11.4. The minimum Gasteiger partial charge on any atom is -0.489 e. The smallest absolute Gasteiger partial charge is 0.124 e. The van der Waals surface area contributed by atoms with Gasteiger partial charge in [-0.25, -0.2) is 0 Å². The van der Waals surface area contributed by atoms with Gasteiger partial charge in [-0.05, 0) is 51.0 Å². The van der Waals surface area contributed by atoms with Gasteiger partial charge in [-0.1, -0.05) is 29.4 Å². The predicted octanol–water partition coefficient (Wildman–Crippen LogP) is 4.68. The highest BCUT2D eigenvalue weighted by Gasteiger charge is 2.11. The second-order valence-electron chi connectivity index (χ2n) is 5.75. The molecular weight excluding hydrogens is 302 g/mol. The summed E-state index contributed by atoms with van der Waals surface area (Å²) in [5.74, 6) is 0.926. The zero-order valence-corrected chi connectivity index (χ0v) is 13.9. The number of hydrogen-bond donors (Lipinski definition) is 1. The van der Waals surface area contributed by atoms with Crippen molar-refractivity contribution in [2.45, 2.75) is 46.2 Å². The Kier molecular flexibility index (Phi) is 6.08. The molecule has 1 rings (SSSR count). The molecule has 2 nitrogen and oxygen atoms in total. The Hall–Kier alpha value is -0.800. The van der Waals surface area contributed by atoms with Gasteiger partial charge in [0.15, 0.2) is 0 Å². The van der Waals surface area contributed by atoms with E-state index in [1.54, 1.807) is 0 Å². The molecule has 1 aromatic carbocycles. The van der Waals surface area contributed by atoms with Gasteiger partial charge in [0.25, 0.3) is 0 Å². The number of ether oxygens (including phenoxy) is 1. The van der Waals surface area contributed by atoms with Crippen LogP contribution in [0, 0.1) is 0 Å². The van der Waals surface area contributed by atoms with E-state index in [0.717, 1.165) is 34.3 Å². The number of benzene rings is 1. The zero-order chi connectivity index (χ0) is 14.5. The summed E-state index contributed by atoms with van der Waals surface area (Å²) < 4.78 is 6.92. The first-order valence-electron chi connectivity index (χ1n) is 6.64. The number of rotatable bonds is 6. The van der Waals surface area contributed by atoms with Crippen molar-refractivity contribution in [1.29, 1.82) is 0 Å². The van der Waals surface area contributed by atoms with Crippen LogP contribution in [-0.4, -0.2) is 12.1 Å². The fraction of sp³-hybridized carbons (Fsp3) is 0.500. The lowest BCUT2D eigenvalue weighted by atomic mass is 10.1. The Morgan fingerprint density at radius 3 is 2.63 bits per heavy atom. The average molecular weight is 326 g/mol. The number of halogens is 1. The molecule has 3 heteroatoms. The topological polar surface area (TPSA) is 21.3 Å². The maximum atomic E-state index is 5.85. The molecule has 0 bridgehead atoms. The van der Waals surface area contributed by atoms with Crippen molar-refractivity contribution in [3.63, 3.8) is 0 Å². The summed E-state index contributed by atoms with van der Waals surface area (Å²) in [4.78, 5) is 0. The molecule has 0 radical (unpaired) electrons. The third-order valence-electron chi connectivity index (χ3n) is 2.76. The molecule has 1 aromatic rings. The van der Waals surface area contributed by atoms with Gasteiger partial charge in [0.1, 0.15) is 12.4 Å². The minimum absolute atomic E-state index is 0.0899. The van der Waals surface area contributed by atoms with E-state index in [0.29, 0.717) is 6.61 Å². The van der Waals surface area contributed by atoms with Gasteiger partial charge in [-0.3, -0.25) is 0 Å². The molecule has 19 heavy (non-hydrogen) atoms. The van der Waals surface area contributed by atoms with Crippen LogP contribution in [-0.2, 0) is 6.54 Å². The highest BCUT2D eigenvalue weighted by atomic mass is 79.9. The molecule has 0 saturated carbocycles. The van der Waals surface area contributed by atoms with Crippen molar-refractivity contribution in [2.24, 2.45) is 0 Å². The molecule has 0 amide bonds. The van der Waals surface area contributed by atoms with Gasteiger partial charge in [0, 0.05) is 22.1 Å². The lowest BCUT2D eigenvalue weighted by Crippen LogP contribution is -2.35. The standard InChI is InChI=1S/C16H24BrNO/c1-6-12(2)11-19-15-8-7-14(17)9-13(15)10-18-16(3,4)5/h7-9,18H,2,6,10-11H2,1,3-5H3.